The van der Waals surface area contributed by atoms with Gasteiger partial charge in [0, 0.05) is 62.4 Å². The molecule has 1 unspecified atom stereocenters. The zero-order chi connectivity index (χ0) is 28.8. The lowest BCUT2D eigenvalue weighted by molar-refractivity contribution is 0.0853. The number of pyridine rings is 1. The average molecular weight is 564 g/mol. The Balaban J connectivity index is 1.60. The Morgan fingerprint density at radius 2 is 1.77 bits per heavy atom. The summed E-state index contributed by atoms with van der Waals surface area (Å²) in [5.74, 6) is 2.33. The van der Waals surface area contributed by atoms with Gasteiger partial charge in [0.15, 0.2) is 14.1 Å². The van der Waals surface area contributed by atoms with Crippen molar-refractivity contribution >= 4 is 14.1 Å². The second-order valence-electron chi connectivity index (χ2n) is 12.0. The first-order valence-corrected chi connectivity index (χ1v) is 17.1. The SMILES string of the molecule is CNCC(COc1cccc(-c2nc(-c3ccncc3)cc(N(C)C3CCOCC3)n2)c1)O[Si](C)(C)C(C)(C)C. The molecule has 1 aliphatic heterocycles. The summed E-state index contributed by atoms with van der Waals surface area (Å²) in [5.41, 5.74) is 2.78. The van der Waals surface area contributed by atoms with Crippen LogP contribution in [0.1, 0.15) is 33.6 Å². The summed E-state index contributed by atoms with van der Waals surface area (Å²) in [6.45, 7) is 14.1. The smallest absolute Gasteiger partial charge is 0.192 e. The molecule has 1 N–H and O–H groups in total. The van der Waals surface area contributed by atoms with Crippen molar-refractivity contribution in [2.24, 2.45) is 0 Å². The Labute approximate surface area is 240 Å². The van der Waals surface area contributed by atoms with E-state index in [1.165, 1.54) is 0 Å². The maximum absolute atomic E-state index is 6.65. The molecule has 4 rings (SSSR count). The molecule has 9 heteroatoms. The minimum atomic E-state index is -1.93. The van der Waals surface area contributed by atoms with E-state index >= 15 is 0 Å². The lowest BCUT2D eigenvalue weighted by Crippen LogP contribution is -2.47. The third-order valence-electron chi connectivity index (χ3n) is 8.02. The molecular formula is C31H45N5O3Si. The quantitative estimate of drug-likeness (QED) is 0.293. The van der Waals surface area contributed by atoms with Gasteiger partial charge in [0.2, 0.25) is 0 Å². The van der Waals surface area contributed by atoms with Gasteiger partial charge in [-0.05, 0) is 62.3 Å². The number of hydrogen-bond donors (Lipinski definition) is 1. The normalized spacial score (nSPS) is 15.6. The maximum atomic E-state index is 6.65. The van der Waals surface area contributed by atoms with Gasteiger partial charge in [0.25, 0.3) is 0 Å². The van der Waals surface area contributed by atoms with Gasteiger partial charge in [-0.15, -0.1) is 0 Å². The van der Waals surface area contributed by atoms with Crippen molar-refractivity contribution in [1.82, 2.24) is 20.3 Å². The molecule has 2 aromatic heterocycles. The summed E-state index contributed by atoms with van der Waals surface area (Å²) in [6.07, 6.45) is 5.51. The fourth-order valence-electron chi connectivity index (χ4n) is 4.54. The van der Waals surface area contributed by atoms with E-state index in [-0.39, 0.29) is 11.1 Å². The maximum Gasteiger partial charge on any atom is 0.192 e. The van der Waals surface area contributed by atoms with Crippen molar-refractivity contribution in [2.45, 2.75) is 63.9 Å². The average Bonchev–Trinajstić information content (AvgIpc) is 2.96. The van der Waals surface area contributed by atoms with Crippen LogP contribution < -0.4 is 15.0 Å². The van der Waals surface area contributed by atoms with Gasteiger partial charge in [-0.25, -0.2) is 9.97 Å². The number of benzene rings is 1. The number of ether oxygens (including phenoxy) is 2. The monoisotopic (exact) mass is 563 g/mol. The third-order valence-corrected chi connectivity index (χ3v) is 12.6. The van der Waals surface area contributed by atoms with Crippen LogP contribution in [0.3, 0.4) is 0 Å². The van der Waals surface area contributed by atoms with E-state index in [1.54, 1.807) is 12.4 Å². The van der Waals surface area contributed by atoms with Crippen molar-refractivity contribution < 1.29 is 13.9 Å². The Morgan fingerprint density at radius 1 is 1.05 bits per heavy atom. The summed E-state index contributed by atoms with van der Waals surface area (Å²) in [5, 5.41) is 3.39. The molecule has 3 heterocycles. The van der Waals surface area contributed by atoms with E-state index in [0.29, 0.717) is 18.5 Å². The van der Waals surface area contributed by atoms with Crippen molar-refractivity contribution in [3.8, 4) is 28.4 Å². The number of hydrogen-bond acceptors (Lipinski definition) is 8. The predicted molar refractivity (Wildman–Crippen MR) is 164 cm³/mol. The van der Waals surface area contributed by atoms with Gasteiger partial charge < -0.3 is 24.1 Å². The van der Waals surface area contributed by atoms with Crippen LogP contribution in [-0.4, -0.2) is 75.9 Å². The molecule has 1 aromatic carbocycles. The van der Waals surface area contributed by atoms with E-state index in [0.717, 1.165) is 61.0 Å². The summed E-state index contributed by atoms with van der Waals surface area (Å²) in [7, 11) is 2.13. The van der Waals surface area contributed by atoms with Crippen LogP contribution in [-0.2, 0) is 9.16 Å². The van der Waals surface area contributed by atoms with Crippen LogP contribution in [0.2, 0.25) is 18.1 Å². The molecule has 1 saturated heterocycles. The third kappa shape index (κ3) is 7.66. The number of likely N-dealkylation sites (N-methyl/N-ethyl adjacent to an activating group) is 1. The molecule has 0 radical (unpaired) electrons. The Kier molecular flexibility index (Phi) is 9.94. The second-order valence-corrected chi connectivity index (χ2v) is 16.8. The summed E-state index contributed by atoms with van der Waals surface area (Å²) < 4.78 is 18.5. The highest BCUT2D eigenvalue weighted by Crippen LogP contribution is 2.37. The molecule has 1 fully saturated rings. The summed E-state index contributed by atoms with van der Waals surface area (Å²) in [4.78, 5) is 16.4. The van der Waals surface area contributed by atoms with Crippen molar-refractivity contribution in [1.29, 1.82) is 0 Å². The topological polar surface area (TPSA) is 81.6 Å². The first kappa shape index (κ1) is 30.1. The minimum absolute atomic E-state index is 0.0412. The zero-order valence-electron chi connectivity index (χ0n) is 25.1. The second kappa shape index (κ2) is 13.2. The van der Waals surface area contributed by atoms with E-state index in [1.807, 2.05) is 43.4 Å². The Bertz CT molecular complexity index is 1230. The largest absolute Gasteiger partial charge is 0.491 e. The first-order valence-electron chi connectivity index (χ1n) is 14.2. The van der Waals surface area contributed by atoms with Crippen LogP contribution in [0.4, 0.5) is 5.82 Å². The van der Waals surface area contributed by atoms with E-state index in [2.05, 4.69) is 62.2 Å². The molecule has 3 aromatic rings. The molecule has 0 saturated carbocycles. The van der Waals surface area contributed by atoms with Crippen molar-refractivity contribution in [3.63, 3.8) is 0 Å². The van der Waals surface area contributed by atoms with Gasteiger partial charge >= 0.3 is 0 Å². The molecule has 40 heavy (non-hydrogen) atoms. The van der Waals surface area contributed by atoms with Gasteiger partial charge in [0.05, 0.1) is 11.8 Å². The number of anilines is 1. The van der Waals surface area contributed by atoms with Crippen LogP contribution in [0.15, 0.2) is 54.9 Å². The van der Waals surface area contributed by atoms with Crippen molar-refractivity contribution in [3.05, 3.63) is 54.9 Å². The number of nitrogens with one attached hydrogen (secondary N) is 1. The van der Waals surface area contributed by atoms with E-state index < -0.39 is 8.32 Å². The molecule has 0 amide bonds. The van der Waals surface area contributed by atoms with Gasteiger partial charge in [0.1, 0.15) is 18.2 Å². The Hall–Kier alpha value is -2.85. The lowest BCUT2D eigenvalue weighted by Gasteiger charge is -2.39. The van der Waals surface area contributed by atoms with Gasteiger partial charge in [-0.1, -0.05) is 32.9 Å². The first-order chi connectivity index (χ1) is 19.1. The molecule has 0 spiro atoms. The molecule has 1 aliphatic rings. The highest BCUT2D eigenvalue weighted by atomic mass is 28.4. The summed E-state index contributed by atoms with van der Waals surface area (Å²) >= 11 is 0. The molecule has 8 nitrogen and oxygen atoms in total. The highest BCUT2D eigenvalue weighted by molar-refractivity contribution is 6.74. The van der Waals surface area contributed by atoms with Gasteiger partial charge in [-0.3, -0.25) is 4.98 Å². The van der Waals surface area contributed by atoms with Gasteiger partial charge in [-0.2, -0.15) is 0 Å². The van der Waals surface area contributed by atoms with Crippen LogP contribution in [0, 0.1) is 0 Å². The predicted octanol–water partition coefficient (Wildman–Crippen LogP) is 5.81. The summed E-state index contributed by atoms with van der Waals surface area (Å²) in [6, 6.07) is 14.4. The van der Waals surface area contributed by atoms with E-state index in [4.69, 9.17) is 23.9 Å². The zero-order valence-corrected chi connectivity index (χ0v) is 26.1. The Morgan fingerprint density at radius 3 is 2.45 bits per heavy atom. The standard InChI is InChI=1S/C31H45N5O3Si/c1-31(2,3)40(6,7)39-27(21-32-4)22-38-26-10-8-9-24(19-26)30-34-28(23-11-15-33-16-12-23)20-29(35-30)36(5)25-13-17-37-18-14-25/h8-12,15-16,19-20,25,27,32H,13-14,17-18,21-22H2,1-7H3. The molecule has 216 valence electrons. The number of rotatable bonds is 11. The number of aromatic nitrogens is 3. The van der Waals surface area contributed by atoms with Crippen LogP contribution in [0.5, 0.6) is 5.75 Å². The molecule has 0 bridgehead atoms. The highest BCUT2D eigenvalue weighted by Gasteiger charge is 2.39. The molecular weight excluding hydrogens is 518 g/mol. The fraction of sp³-hybridized carbons (Fsp3) is 0.516. The molecule has 0 aliphatic carbocycles. The minimum Gasteiger partial charge on any atom is -0.491 e. The fourth-order valence-corrected chi connectivity index (χ4v) is 5.88. The molecule has 1 atom stereocenters. The van der Waals surface area contributed by atoms with Crippen molar-refractivity contribution in [2.75, 3.05) is 45.4 Å². The van der Waals surface area contributed by atoms with E-state index in [9.17, 15) is 0 Å². The lowest BCUT2D eigenvalue weighted by atomic mass is 10.1. The number of nitrogens with zero attached hydrogens (tertiary/aromatic N) is 4. The van der Waals surface area contributed by atoms with Crippen LogP contribution in [0.25, 0.3) is 22.6 Å². The van der Waals surface area contributed by atoms with Crippen LogP contribution >= 0.6 is 0 Å².